The molecule has 8 aromatic rings. The third kappa shape index (κ3) is 3.72. The minimum atomic E-state index is 0.837. The average Bonchev–Trinajstić information content (AvgIpc) is 3.41. The highest BCUT2D eigenvalue weighted by atomic mass is 16.3. The van der Waals surface area contributed by atoms with Crippen molar-refractivity contribution in [2.45, 2.75) is 13.7 Å². The average molecular weight is 536 g/mol. The van der Waals surface area contributed by atoms with Crippen molar-refractivity contribution in [3.8, 4) is 11.1 Å². The number of fused-ring (bicyclic) bond motifs is 6. The van der Waals surface area contributed by atoms with Crippen LogP contribution in [0, 0.1) is 0 Å². The fraction of sp³-hybridized carbons (Fsp3) is 0.0500. The summed E-state index contributed by atoms with van der Waals surface area (Å²) in [5.74, 6) is 0. The Labute approximate surface area is 246 Å². The van der Waals surface area contributed by atoms with Crippen molar-refractivity contribution in [3.05, 3.63) is 139 Å². The van der Waals surface area contributed by atoms with Crippen LogP contribution in [0.15, 0.2) is 132 Å². The second-order valence-electron chi connectivity index (χ2n) is 11.1. The second-order valence-corrected chi connectivity index (χ2v) is 11.1. The summed E-state index contributed by atoms with van der Waals surface area (Å²) < 4.78 is 6.44. The standard InChI is InChI=1S/C40H29BO/c1-25(24-35-39-29-16-6-4-13-27(29)22-23-36(39)42-40(35)41-2)37-31-17-7-9-19-33(31)38(34-20-10-8-18-32(34)37)30-21-11-14-26-12-3-5-15-28(26)30/h3-24,41H,1-2H3/b25-24+. The van der Waals surface area contributed by atoms with E-state index >= 15 is 0 Å². The van der Waals surface area contributed by atoms with Gasteiger partial charge in [-0.05, 0) is 84.4 Å². The van der Waals surface area contributed by atoms with Crippen molar-refractivity contribution in [3.63, 3.8) is 0 Å². The van der Waals surface area contributed by atoms with Crippen LogP contribution >= 0.6 is 0 Å². The molecule has 198 valence electrons. The molecule has 1 nitrogen and oxygen atoms in total. The molecule has 0 bridgehead atoms. The van der Waals surface area contributed by atoms with E-state index in [1.165, 1.54) is 76.3 Å². The Morgan fingerprint density at radius 3 is 1.79 bits per heavy atom. The van der Waals surface area contributed by atoms with Gasteiger partial charge in [0.2, 0.25) is 7.28 Å². The Bertz CT molecular complexity index is 2290. The van der Waals surface area contributed by atoms with E-state index in [-0.39, 0.29) is 0 Å². The molecule has 2 heteroatoms. The molecule has 0 aliphatic rings. The van der Waals surface area contributed by atoms with Crippen molar-refractivity contribution >= 4 is 78.6 Å². The molecule has 42 heavy (non-hydrogen) atoms. The van der Waals surface area contributed by atoms with Gasteiger partial charge >= 0.3 is 0 Å². The van der Waals surface area contributed by atoms with Crippen LogP contribution in [0.4, 0.5) is 0 Å². The van der Waals surface area contributed by atoms with Crippen LogP contribution in [0.5, 0.6) is 0 Å². The largest absolute Gasteiger partial charge is 0.471 e. The van der Waals surface area contributed by atoms with E-state index in [2.05, 4.69) is 147 Å². The summed E-state index contributed by atoms with van der Waals surface area (Å²) in [6.45, 7) is 4.44. The first-order valence-corrected chi connectivity index (χ1v) is 14.8. The summed E-state index contributed by atoms with van der Waals surface area (Å²) in [7, 11) is 0.837. The monoisotopic (exact) mass is 536 g/mol. The minimum absolute atomic E-state index is 0.837. The van der Waals surface area contributed by atoms with E-state index in [1.54, 1.807) is 0 Å². The zero-order valence-corrected chi connectivity index (χ0v) is 23.8. The molecule has 0 aliphatic carbocycles. The molecule has 0 spiro atoms. The molecule has 0 fully saturated rings. The molecule has 0 amide bonds. The highest BCUT2D eigenvalue weighted by molar-refractivity contribution is 6.52. The number of hydrogen-bond donors (Lipinski definition) is 0. The van der Waals surface area contributed by atoms with E-state index in [1.807, 2.05) is 0 Å². The van der Waals surface area contributed by atoms with E-state index in [9.17, 15) is 0 Å². The molecule has 0 saturated carbocycles. The van der Waals surface area contributed by atoms with Gasteiger partial charge in [0.1, 0.15) is 5.58 Å². The lowest BCUT2D eigenvalue weighted by Gasteiger charge is -2.19. The van der Waals surface area contributed by atoms with Crippen molar-refractivity contribution in [1.29, 1.82) is 0 Å². The summed E-state index contributed by atoms with van der Waals surface area (Å²) in [4.78, 5) is 0. The van der Waals surface area contributed by atoms with Gasteiger partial charge < -0.3 is 4.42 Å². The summed E-state index contributed by atoms with van der Waals surface area (Å²) in [5, 5.41) is 11.3. The molecule has 0 aliphatic heterocycles. The molecule has 0 atom stereocenters. The number of benzene rings is 7. The predicted octanol–water partition coefficient (Wildman–Crippen LogP) is 10.4. The topological polar surface area (TPSA) is 13.1 Å². The number of hydrogen-bond acceptors (Lipinski definition) is 1. The lowest BCUT2D eigenvalue weighted by atomic mass is 9.76. The molecule has 1 aromatic heterocycles. The Morgan fingerprint density at radius 2 is 1.12 bits per heavy atom. The number of allylic oxidation sites excluding steroid dienone is 1. The van der Waals surface area contributed by atoms with E-state index < -0.39 is 0 Å². The molecule has 8 rings (SSSR count). The van der Waals surface area contributed by atoms with Gasteiger partial charge in [0.05, 0.1) is 5.66 Å². The van der Waals surface area contributed by atoms with E-state index in [4.69, 9.17) is 4.42 Å². The van der Waals surface area contributed by atoms with Gasteiger partial charge in [-0.2, -0.15) is 0 Å². The van der Waals surface area contributed by atoms with Crippen LogP contribution in [0.3, 0.4) is 0 Å². The maximum atomic E-state index is 6.44. The Balaban J connectivity index is 1.46. The Kier molecular flexibility index (Phi) is 5.75. The van der Waals surface area contributed by atoms with Crippen molar-refractivity contribution in [2.75, 3.05) is 0 Å². The van der Waals surface area contributed by atoms with Crippen LogP contribution in [0.2, 0.25) is 6.82 Å². The zero-order chi connectivity index (χ0) is 28.2. The lowest BCUT2D eigenvalue weighted by molar-refractivity contribution is 0.652. The first-order valence-electron chi connectivity index (χ1n) is 14.8. The third-order valence-corrected chi connectivity index (χ3v) is 8.76. The smallest absolute Gasteiger partial charge is 0.202 e. The van der Waals surface area contributed by atoms with Gasteiger partial charge in [-0.15, -0.1) is 0 Å². The van der Waals surface area contributed by atoms with Crippen molar-refractivity contribution in [1.82, 2.24) is 0 Å². The Hall–Kier alpha value is -5.08. The summed E-state index contributed by atoms with van der Waals surface area (Å²) in [5.41, 5.74) is 8.25. The van der Waals surface area contributed by atoms with Gasteiger partial charge in [0, 0.05) is 10.9 Å². The normalized spacial score (nSPS) is 12.2. The van der Waals surface area contributed by atoms with Gasteiger partial charge in [-0.25, -0.2) is 0 Å². The van der Waals surface area contributed by atoms with Crippen molar-refractivity contribution in [2.24, 2.45) is 0 Å². The minimum Gasteiger partial charge on any atom is -0.471 e. The number of furan rings is 1. The molecule has 1 heterocycles. The first kappa shape index (κ1) is 24.7. The Morgan fingerprint density at radius 1 is 0.571 bits per heavy atom. The first-order chi connectivity index (χ1) is 20.7. The number of rotatable bonds is 4. The fourth-order valence-electron chi connectivity index (χ4n) is 6.93. The van der Waals surface area contributed by atoms with Crippen LogP contribution in [-0.2, 0) is 0 Å². The van der Waals surface area contributed by atoms with Crippen LogP contribution < -0.4 is 5.66 Å². The van der Waals surface area contributed by atoms with Gasteiger partial charge in [0.25, 0.3) is 0 Å². The molecular formula is C40H29BO. The molecule has 0 radical (unpaired) electrons. The maximum absolute atomic E-state index is 6.44. The van der Waals surface area contributed by atoms with Gasteiger partial charge in [0.15, 0.2) is 0 Å². The molecule has 0 N–H and O–H groups in total. The van der Waals surface area contributed by atoms with Crippen LogP contribution in [-0.4, -0.2) is 7.28 Å². The summed E-state index contributed by atoms with van der Waals surface area (Å²) in [6, 6.07) is 46.1. The second kappa shape index (κ2) is 9.78. The SMILES string of the molecule is CBc1oc2ccc3ccccc3c2c1/C=C(\C)c1c2ccccc2c(-c2cccc3ccccc23)c2ccccc12. The van der Waals surface area contributed by atoms with E-state index in [0.29, 0.717) is 0 Å². The van der Waals surface area contributed by atoms with E-state index in [0.717, 1.165) is 18.5 Å². The van der Waals surface area contributed by atoms with Crippen LogP contribution in [0.25, 0.3) is 76.8 Å². The maximum Gasteiger partial charge on any atom is 0.202 e. The van der Waals surface area contributed by atoms with Crippen molar-refractivity contribution < 1.29 is 4.42 Å². The highest BCUT2D eigenvalue weighted by Gasteiger charge is 2.19. The molecule has 0 unspecified atom stereocenters. The quantitative estimate of drug-likeness (QED) is 0.161. The molecular weight excluding hydrogens is 507 g/mol. The van der Waals surface area contributed by atoms with Gasteiger partial charge in [-0.3, -0.25) is 0 Å². The zero-order valence-electron chi connectivity index (χ0n) is 23.8. The lowest BCUT2D eigenvalue weighted by Crippen LogP contribution is -2.10. The third-order valence-electron chi connectivity index (χ3n) is 8.76. The molecule has 7 aromatic carbocycles. The van der Waals surface area contributed by atoms with Gasteiger partial charge in [-0.1, -0.05) is 128 Å². The predicted molar refractivity (Wildman–Crippen MR) is 184 cm³/mol. The highest BCUT2D eigenvalue weighted by Crippen LogP contribution is 2.44. The molecule has 0 saturated heterocycles. The summed E-state index contributed by atoms with van der Waals surface area (Å²) >= 11 is 0. The summed E-state index contributed by atoms with van der Waals surface area (Å²) in [6.07, 6.45) is 2.36. The van der Waals surface area contributed by atoms with Crippen LogP contribution in [0.1, 0.15) is 18.1 Å². The fourth-order valence-corrected chi connectivity index (χ4v) is 6.93.